The third-order valence-electron chi connectivity index (χ3n) is 9.23. The van der Waals surface area contributed by atoms with Crippen LogP contribution in [0.5, 0.6) is 0 Å². The summed E-state index contributed by atoms with van der Waals surface area (Å²) in [5.41, 5.74) is 5.53. The van der Waals surface area contributed by atoms with Crippen molar-refractivity contribution in [2.75, 3.05) is 12.4 Å². The van der Waals surface area contributed by atoms with Crippen LogP contribution in [0.25, 0.3) is 0 Å². The monoisotopic (exact) mass is 429 g/mol. The van der Waals surface area contributed by atoms with E-state index >= 15 is 0 Å². The average Bonchev–Trinajstić information content (AvgIpc) is 2.99. The van der Waals surface area contributed by atoms with Gasteiger partial charge in [-0.3, -0.25) is 4.79 Å². The highest BCUT2D eigenvalue weighted by Gasteiger charge is 2.65. The first kappa shape index (κ1) is 21.5. The molecule has 168 valence electrons. The van der Waals surface area contributed by atoms with Crippen LogP contribution in [-0.2, 0) is 4.79 Å². The number of carbonyl (C=O) groups excluding carboxylic acids is 1. The molecule has 0 saturated heterocycles. The number of anilines is 1. The number of benzene rings is 1. The number of carbonyl (C=O) groups is 1. The molecule has 0 aliphatic heterocycles. The van der Waals surface area contributed by atoms with E-state index in [1.807, 2.05) is 20.0 Å². The zero-order chi connectivity index (χ0) is 22.7. The predicted octanol–water partition coefficient (Wildman–Crippen LogP) is 5.63. The minimum atomic E-state index is -0.954. The van der Waals surface area contributed by atoms with Crippen LogP contribution in [0.15, 0.2) is 47.1 Å². The van der Waals surface area contributed by atoms with Gasteiger partial charge >= 0.3 is 0 Å². The summed E-state index contributed by atoms with van der Waals surface area (Å²) < 4.78 is 0. The van der Waals surface area contributed by atoms with E-state index in [-0.39, 0.29) is 23.0 Å². The van der Waals surface area contributed by atoms with Crippen LogP contribution in [0.3, 0.4) is 0 Å². The Morgan fingerprint density at radius 3 is 2.59 bits per heavy atom. The Bertz CT molecular complexity index is 1070. The molecule has 4 aliphatic carbocycles. The van der Waals surface area contributed by atoms with Crippen LogP contribution < -0.4 is 5.32 Å². The standard InChI is InChI=1S/C29H35NO2/c1-5-14-29(32)18(2)15-26-24-12-8-20-16-22(31)11-13-23(20)27(24)25(17-28(26,29)3)19-6-9-21(30-4)10-7-19/h6-7,9-10,16,18,24-26,30,32H,8,11-13,15,17H2,1-4H3/t18-,24+,25-,26+,28+,29-/m1/s1. The molecule has 2 N–H and O–H groups in total. The highest BCUT2D eigenvalue weighted by Crippen LogP contribution is 2.67. The fourth-order valence-corrected chi connectivity index (χ4v) is 7.63. The second-order valence-electron chi connectivity index (χ2n) is 10.6. The van der Waals surface area contributed by atoms with Crippen LogP contribution in [0.4, 0.5) is 5.69 Å². The van der Waals surface area contributed by atoms with Gasteiger partial charge in [-0.1, -0.05) is 37.5 Å². The fraction of sp³-hybridized carbons (Fsp3) is 0.552. The molecule has 6 atom stereocenters. The molecule has 0 bridgehead atoms. The molecule has 3 heteroatoms. The van der Waals surface area contributed by atoms with E-state index in [4.69, 9.17) is 0 Å². The summed E-state index contributed by atoms with van der Waals surface area (Å²) in [5, 5.41) is 15.2. The number of aliphatic hydroxyl groups is 1. The van der Waals surface area contributed by atoms with Crippen molar-refractivity contribution in [2.24, 2.45) is 23.2 Å². The maximum absolute atomic E-state index is 12.2. The van der Waals surface area contributed by atoms with Crippen LogP contribution in [0.2, 0.25) is 0 Å². The molecule has 2 fully saturated rings. The molecule has 0 amide bonds. The molecule has 1 aromatic carbocycles. The summed E-state index contributed by atoms with van der Waals surface area (Å²) in [6, 6.07) is 8.81. The van der Waals surface area contributed by atoms with Crippen molar-refractivity contribution < 1.29 is 9.90 Å². The van der Waals surface area contributed by atoms with Gasteiger partial charge in [-0.25, -0.2) is 0 Å². The molecular weight excluding hydrogens is 394 g/mol. The van der Waals surface area contributed by atoms with Gasteiger partial charge in [0, 0.05) is 30.5 Å². The third kappa shape index (κ3) is 2.96. The first-order valence-electron chi connectivity index (χ1n) is 12.2. The highest BCUT2D eigenvalue weighted by atomic mass is 16.3. The molecule has 2 saturated carbocycles. The van der Waals surface area contributed by atoms with Crippen LogP contribution >= 0.6 is 0 Å². The van der Waals surface area contributed by atoms with Gasteiger partial charge in [0.1, 0.15) is 5.60 Å². The van der Waals surface area contributed by atoms with Crippen LogP contribution in [0, 0.1) is 35.0 Å². The summed E-state index contributed by atoms with van der Waals surface area (Å²) in [4.78, 5) is 12.2. The smallest absolute Gasteiger partial charge is 0.156 e. The number of allylic oxidation sites excluding steroid dienone is 4. The minimum Gasteiger partial charge on any atom is -0.388 e. The lowest BCUT2D eigenvalue weighted by molar-refractivity contribution is -0.114. The van der Waals surface area contributed by atoms with Crippen molar-refractivity contribution in [1.82, 2.24) is 0 Å². The fourth-order valence-electron chi connectivity index (χ4n) is 7.63. The molecule has 32 heavy (non-hydrogen) atoms. The Morgan fingerprint density at radius 2 is 1.91 bits per heavy atom. The van der Waals surface area contributed by atoms with Gasteiger partial charge in [-0.2, -0.15) is 0 Å². The van der Waals surface area contributed by atoms with Gasteiger partial charge in [-0.05, 0) is 91.7 Å². The zero-order valence-corrected chi connectivity index (χ0v) is 19.8. The Hall–Kier alpha value is -2.31. The maximum atomic E-state index is 12.2. The quantitative estimate of drug-likeness (QED) is 0.599. The van der Waals surface area contributed by atoms with Gasteiger partial charge in [0.05, 0.1) is 0 Å². The summed E-state index contributed by atoms with van der Waals surface area (Å²) in [6.45, 7) is 6.34. The summed E-state index contributed by atoms with van der Waals surface area (Å²) >= 11 is 0. The average molecular weight is 430 g/mol. The van der Waals surface area contributed by atoms with Crippen molar-refractivity contribution in [3.05, 3.63) is 52.6 Å². The summed E-state index contributed by atoms with van der Waals surface area (Å²) in [5.74, 6) is 7.93. The lowest BCUT2D eigenvalue weighted by atomic mass is 9.51. The normalized spacial score (nSPS) is 38.2. The topological polar surface area (TPSA) is 49.3 Å². The van der Waals surface area contributed by atoms with Gasteiger partial charge in [0.2, 0.25) is 0 Å². The number of hydrogen-bond acceptors (Lipinski definition) is 3. The van der Waals surface area contributed by atoms with Crippen molar-refractivity contribution in [3.8, 4) is 11.8 Å². The Balaban J connectivity index is 1.70. The molecule has 4 aliphatic rings. The largest absolute Gasteiger partial charge is 0.388 e. The second kappa shape index (κ2) is 7.63. The van der Waals surface area contributed by atoms with E-state index in [1.165, 1.54) is 16.7 Å². The maximum Gasteiger partial charge on any atom is 0.156 e. The second-order valence-corrected chi connectivity index (χ2v) is 10.6. The molecule has 0 unspecified atom stereocenters. The van der Waals surface area contributed by atoms with E-state index < -0.39 is 5.60 Å². The lowest BCUT2D eigenvalue weighted by Gasteiger charge is -2.54. The third-order valence-corrected chi connectivity index (χ3v) is 9.23. The van der Waals surface area contributed by atoms with Crippen molar-refractivity contribution in [2.45, 2.75) is 70.8 Å². The molecule has 3 nitrogen and oxygen atoms in total. The first-order valence-corrected chi connectivity index (χ1v) is 12.2. The van der Waals surface area contributed by atoms with Crippen molar-refractivity contribution in [3.63, 3.8) is 0 Å². The number of ketones is 1. The summed E-state index contributed by atoms with van der Waals surface area (Å²) in [6.07, 6.45) is 7.41. The highest BCUT2D eigenvalue weighted by molar-refractivity contribution is 5.93. The first-order chi connectivity index (χ1) is 15.3. The predicted molar refractivity (Wildman–Crippen MR) is 129 cm³/mol. The molecule has 5 rings (SSSR count). The Labute approximate surface area is 192 Å². The molecule has 0 aromatic heterocycles. The van der Waals surface area contributed by atoms with E-state index in [0.29, 0.717) is 18.3 Å². The molecule has 1 aromatic rings. The Morgan fingerprint density at radius 1 is 1.16 bits per heavy atom. The van der Waals surface area contributed by atoms with Gasteiger partial charge in [-0.15, -0.1) is 5.92 Å². The molecule has 0 spiro atoms. The van der Waals surface area contributed by atoms with Crippen LogP contribution in [0.1, 0.15) is 70.8 Å². The molecule has 0 heterocycles. The van der Waals surface area contributed by atoms with E-state index in [1.54, 1.807) is 5.57 Å². The van der Waals surface area contributed by atoms with E-state index in [2.05, 4.69) is 55.3 Å². The Kier molecular flexibility index (Phi) is 5.13. The van der Waals surface area contributed by atoms with E-state index in [9.17, 15) is 9.90 Å². The SMILES string of the molecule is CC#C[C@@]1(O)[C@H](C)C[C@H]2[C@@H]3CCC4=CC(=O)CCC4=C3[C@@H](c3ccc(NC)cc3)C[C@@]21C. The summed E-state index contributed by atoms with van der Waals surface area (Å²) in [7, 11) is 1.95. The van der Waals surface area contributed by atoms with Crippen molar-refractivity contribution in [1.29, 1.82) is 0 Å². The molecule has 0 radical (unpaired) electrons. The van der Waals surface area contributed by atoms with Gasteiger partial charge in [0.15, 0.2) is 5.78 Å². The van der Waals surface area contributed by atoms with Crippen LogP contribution in [-0.4, -0.2) is 23.5 Å². The number of nitrogens with one attached hydrogen (secondary N) is 1. The minimum absolute atomic E-state index is 0.159. The van der Waals surface area contributed by atoms with Gasteiger partial charge in [0.25, 0.3) is 0 Å². The number of rotatable bonds is 2. The van der Waals surface area contributed by atoms with E-state index in [0.717, 1.165) is 37.8 Å². The van der Waals surface area contributed by atoms with Gasteiger partial charge < -0.3 is 10.4 Å². The number of fused-ring (bicyclic) bond motifs is 4. The lowest BCUT2D eigenvalue weighted by Crippen LogP contribution is -2.52. The molecular formula is C29H35NO2. The van der Waals surface area contributed by atoms with Crippen molar-refractivity contribution >= 4 is 11.5 Å². The zero-order valence-electron chi connectivity index (χ0n) is 19.8. The number of hydrogen-bond donors (Lipinski definition) is 2.